The molecule has 0 aliphatic heterocycles. The third-order valence-corrected chi connectivity index (χ3v) is 1.99. The van der Waals surface area contributed by atoms with Gasteiger partial charge >= 0.3 is 0 Å². The van der Waals surface area contributed by atoms with Crippen LogP contribution in [0.25, 0.3) is 5.52 Å². The van der Waals surface area contributed by atoms with E-state index in [4.69, 9.17) is 5.73 Å². The fraction of sp³-hybridized carbons (Fsp3) is 0.222. The molecule has 0 unspecified atom stereocenters. The summed E-state index contributed by atoms with van der Waals surface area (Å²) in [5, 5.41) is 3.05. The highest BCUT2D eigenvalue weighted by atomic mass is 15.1. The first-order chi connectivity index (χ1) is 6.33. The van der Waals surface area contributed by atoms with Crippen molar-refractivity contribution in [2.75, 3.05) is 12.8 Å². The van der Waals surface area contributed by atoms with Gasteiger partial charge in [-0.3, -0.25) is 4.40 Å². The molecule has 2 rings (SSSR count). The average Bonchev–Trinajstić information content (AvgIpc) is 2.51. The van der Waals surface area contributed by atoms with Crippen LogP contribution in [0.3, 0.4) is 0 Å². The van der Waals surface area contributed by atoms with Crippen LogP contribution in [0.4, 0.5) is 5.82 Å². The lowest BCUT2D eigenvalue weighted by Crippen LogP contribution is -2.10. The summed E-state index contributed by atoms with van der Waals surface area (Å²) in [7, 11) is 1.89. The van der Waals surface area contributed by atoms with Crippen LogP contribution in [0.2, 0.25) is 0 Å². The Bertz CT molecular complexity index is 418. The average molecular weight is 176 g/mol. The van der Waals surface area contributed by atoms with Crippen molar-refractivity contribution in [1.29, 1.82) is 0 Å². The SMILES string of the molecule is CNCc1ncc2cccc(N)n12. The largest absolute Gasteiger partial charge is 0.385 e. The van der Waals surface area contributed by atoms with Crippen molar-refractivity contribution in [3.05, 3.63) is 30.2 Å². The Kier molecular flexibility index (Phi) is 1.90. The number of fused-ring (bicyclic) bond motifs is 1. The molecule has 68 valence electrons. The molecule has 4 nitrogen and oxygen atoms in total. The van der Waals surface area contributed by atoms with Crippen molar-refractivity contribution in [2.24, 2.45) is 0 Å². The molecule has 0 saturated carbocycles. The van der Waals surface area contributed by atoms with Crippen molar-refractivity contribution < 1.29 is 0 Å². The van der Waals surface area contributed by atoms with E-state index in [1.165, 1.54) is 0 Å². The number of aromatic nitrogens is 2. The maximum absolute atomic E-state index is 5.83. The quantitative estimate of drug-likeness (QED) is 0.706. The normalized spacial score (nSPS) is 10.8. The number of rotatable bonds is 2. The Morgan fingerprint density at radius 3 is 3.15 bits per heavy atom. The molecule has 0 aliphatic carbocycles. The summed E-state index contributed by atoms with van der Waals surface area (Å²) in [5.74, 6) is 1.66. The van der Waals surface area contributed by atoms with Crippen molar-refractivity contribution in [3.63, 3.8) is 0 Å². The van der Waals surface area contributed by atoms with Gasteiger partial charge in [-0.05, 0) is 19.2 Å². The Morgan fingerprint density at radius 1 is 1.54 bits per heavy atom. The van der Waals surface area contributed by atoms with E-state index in [1.54, 1.807) is 0 Å². The minimum Gasteiger partial charge on any atom is -0.385 e. The number of nitrogens with two attached hydrogens (primary N) is 1. The first kappa shape index (κ1) is 8.07. The molecule has 2 aromatic rings. The van der Waals surface area contributed by atoms with Crippen molar-refractivity contribution >= 4 is 11.3 Å². The van der Waals surface area contributed by atoms with Gasteiger partial charge in [0.2, 0.25) is 0 Å². The minimum atomic E-state index is 0.722. The zero-order valence-corrected chi connectivity index (χ0v) is 7.49. The predicted molar refractivity (Wildman–Crippen MR) is 52.4 cm³/mol. The van der Waals surface area contributed by atoms with Gasteiger partial charge in [-0.2, -0.15) is 0 Å². The van der Waals surface area contributed by atoms with Crippen LogP contribution in [0.15, 0.2) is 24.4 Å². The van der Waals surface area contributed by atoms with E-state index >= 15 is 0 Å². The van der Waals surface area contributed by atoms with Gasteiger partial charge in [-0.1, -0.05) is 6.07 Å². The summed E-state index contributed by atoms with van der Waals surface area (Å²) < 4.78 is 1.94. The highest BCUT2D eigenvalue weighted by molar-refractivity contribution is 5.52. The lowest BCUT2D eigenvalue weighted by Gasteiger charge is -2.03. The van der Waals surface area contributed by atoms with Crippen molar-refractivity contribution in [2.45, 2.75) is 6.54 Å². The van der Waals surface area contributed by atoms with Crippen LogP contribution in [0, 0.1) is 0 Å². The van der Waals surface area contributed by atoms with Crippen LogP contribution in [-0.2, 0) is 6.54 Å². The van der Waals surface area contributed by atoms with Gasteiger partial charge in [0.15, 0.2) is 0 Å². The molecule has 0 spiro atoms. The van der Waals surface area contributed by atoms with Crippen LogP contribution < -0.4 is 11.1 Å². The molecule has 0 bridgehead atoms. The standard InChI is InChI=1S/C9H12N4/c1-11-6-9-12-5-7-3-2-4-8(10)13(7)9/h2-5,11H,6,10H2,1H3. The smallest absolute Gasteiger partial charge is 0.128 e. The zero-order valence-electron chi connectivity index (χ0n) is 7.49. The van der Waals surface area contributed by atoms with Gasteiger partial charge in [0.1, 0.15) is 11.6 Å². The van der Waals surface area contributed by atoms with Gasteiger partial charge in [-0.25, -0.2) is 4.98 Å². The first-order valence-electron chi connectivity index (χ1n) is 4.18. The number of hydrogen-bond donors (Lipinski definition) is 2. The highest BCUT2D eigenvalue weighted by Gasteiger charge is 2.03. The molecule has 2 heterocycles. The van der Waals surface area contributed by atoms with E-state index in [2.05, 4.69) is 10.3 Å². The molecule has 0 saturated heterocycles. The lowest BCUT2D eigenvalue weighted by atomic mass is 10.4. The summed E-state index contributed by atoms with van der Waals surface area (Å²) in [6, 6.07) is 5.78. The fourth-order valence-electron chi connectivity index (χ4n) is 1.42. The second kappa shape index (κ2) is 3.06. The van der Waals surface area contributed by atoms with Gasteiger partial charge in [0, 0.05) is 0 Å². The molecular weight excluding hydrogens is 164 g/mol. The number of nitrogens with one attached hydrogen (secondary N) is 1. The lowest BCUT2D eigenvalue weighted by molar-refractivity contribution is 0.757. The minimum absolute atomic E-state index is 0.722. The molecule has 0 fully saturated rings. The summed E-state index contributed by atoms with van der Waals surface area (Å²) >= 11 is 0. The molecule has 0 radical (unpaired) electrons. The second-order valence-electron chi connectivity index (χ2n) is 2.92. The van der Waals surface area contributed by atoms with E-state index in [9.17, 15) is 0 Å². The molecule has 0 aromatic carbocycles. The van der Waals surface area contributed by atoms with Crippen molar-refractivity contribution in [3.8, 4) is 0 Å². The summed E-state index contributed by atoms with van der Waals surface area (Å²) in [6.07, 6.45) is 1.82. The summed E-state index contributed by atoms with van der Waals surface area (Å²) in [5.41, 5.74) is 6.86. The topological polar surface area (TPSA) is 55.3 Å². The third kappa shape index (κ3) is 1.25. The highest BCUT2D eigenvalue weighted by Crippen LogP contribution is 2.11. The van der Waals surface area contributed by atoms with E-state index in [0.29, 0.717) is 0 Å². The molecule has 2 aromatic heterocycles. The van der Waals surface area contributed by atoms with E-state index < -0.39 is 0 Å². The zero-order chi connectivity index (χ0) is 9.26. The second-order valence-corrected chi connectivity index (χ2v) is 2.92. The summed E-state index contributed by atoms with van der Waals surface area (Å²) in [6.45, 7) is 0.725. The third-order valence-electron chi connectivity index (χ3n) is 1.99. The van der Waals surface area contributed by atoms with E-state index in [-0.39, 0.29) is 0 Å². The Hall–Kier alpha value is -1.55. The Morgan fingerprint density at radius 2 is 2.38 bits per heavy atom. The number of anilines is 1. The van der Waals surface area contributed by atoms with Crippen LogP contribution >= 0.6 is 0 Å². The van der Waals surface area contributed by atoms with Gasteiger partial charge in [0.25, 0.3) is 0 Å². The molecule has 0 aliphatic rings. The Labute approximate surface area is 76.4 Å². The van der Waals surface area contributed by atoms with E-state index in [0.717, 1.165) is 23.7 Å². The summed E-state index contributed by atoms with van der Waals surface area (Å²) in [4.78, 5) is 4.27. The molecule has 0 amide bonds. The predicted octanol–water partition coefficient (Wildman–Crippen LogP) is 0.636. The number of nitrogens with zero attached hydrogens (tertiary/aromatic N) is 2. The van der Waals surface area contributed by atoms with Crippen LogP contribution in [-0.4, -0.2) is 16.4 Å². The molecule has 13 heavy (non-hydrogen) atoms. The monoisotopic (exact) mass is 176 g/mol. The number of pyridine rings is 1. The number of hydrogen-bond acceptors (Lipinski definition) is 3. The van der Waals surface area contributed by atoms with Crippen molar-refractivity contribution in [1.82, 2.24) is 14.7 Å². The maximum atomic E-state index is 5.83. The van der Waals surface area contributed by atoms with E-state index in [1.807, 2.05) is 35.8 Å². The molecular formula is C9H12N4. The maximum Gasteiger partial charge on any atom is 0.128 e. The Balaban J connectivity index is 2.64. The molecule has 4 heteroatoms. The van der Waals surface area contributed by atoms with Gasteiger partial charge in [0.05, 0.1) is 18.3 Å². The molecule has 3 N–H and O–H groups in total. The number of nitrogen functional groups attached to an aromatic ring is 1. The molecule has 0 atom stereocenters. The van der Waals surface area contributed by atoms with Gasteiger partial charge < -0.3 is 11.1 Å². The van der Waals surface area contributed by atoms with Crippen LogP contribution in [0.1, 0.15) is 5.82 Å². The number of imidazole rings is 1. The van der Waals surface area contributed by atoms with Crippen LogP contribution in [0.5, 0.6) is 0 Å². The fourth-order valence-corrected chi connectivity index (χ4v) is 1.42. The first-order valence-corrected chi connectivity index (χ1v) is 4.18. The van der Waals surface area contributed by atoms with Gasteiger partial charge in [-0.15, -0.1) is 0 Å².